The van der Waals surface area contributed by atoms with Gasteiger partial charge in [-0.05, 0) is 45.4 Å². The van der Waals surface area contributed by atoms with Gasteiger partial charge in [-0.2, -0.15) is 0 Å². The number of hydrogen-bond donors (Lipinski definition) is 1. The Labute approximate surface area is 79.7 Å². The minimum absolute atomic E-state index is 0.166. The second-order valence-corrected chi connectivity index (χ2v) is 4.29. The molecular weight excluding hydrogens is 162 g/mol. The summed E-state index contributed by atoms with van der Waals surface area (Å²) in [6.07, 6.45) is 0. The Morgan fingerprint density at radius 1 is 1.15 bits per heavy atom. The van der Waals surface area contributed by atoms with Gasteiger partial charge in [0.15, 0.2) is 0 Å². The lowest BCUT2D eigenvalue weighted by Crippen LogP contribution is -2.23. The van der Waals surface area contributed by atoms with Crippen LogP contribution >= 0.6 is 0 Å². The van der Waals surface area contributed by atoms with Gasteiger partial charge in [-0.15, -0.1) is 0 Å². The highest BCUT2D eigenvalue weighted by Crippen LogP contribution is 2.22. The molecule has 0 aromatic heterocycles. The maximum atomic E-state index is 5.70. The molecular formula is C11H17NO. The molecule has 0 radical (unpaired) electrons. The molecule has 0 aliphatic carbocycles. The lowest BCUT2D eigenvalue weighted by Gasteiger charge is -2.21. The van der Waals surface area contributed by atoms with E-state index in [1.165, 1.54) is 0 Å². The summed E-state index contributed by atoms with van der Waals surface area (Å²) in [6, 6.07) is 5.76. The molecule has 0 bridgehead atoms. The second kappa shape index (κ2) is 3.29. The zero-order valence-electron chi connectivity index (χ0n) is 8.72. The molecule has 0 amide bonds. The highest BCUT2D eigenvalue weighted by atomic mass is 16.5. The van der Waals surface area contributed by atoms with Gasteiger partial charge in [0, 0.05) is 11.8 Å². The number of hydrogen-bond acceptors (Lipinski definition) is 2. The van der Waals surface area contributed by atoms with Gasteiger partial charge < -0.3 is 10.5 Å². The first kappa shape index (κ1) is 9.90. The van der Waals surface area contributed by atoms with Gasteiger partial charge in [0.05, 0.1) is 0 Å². The van der Waals surface area contributed by atoms with Crippen molar-refractivity contribution >= 4 is 5.69 Å². The van der Waals surface area contributed by atoms with Crippen LogP contribution in [0, 0.1) is 6.92 Å². The lowest BCUT2D eigenvalue weighted by atomic mass is 10.1. The van der Waals surface area contributed by atoms with E-state index in [1.807, 2.05) is 45.9 Å². The SMILES string of the molecule is Cc1cc(N)cc(OC(C)(C)C)c1. The fourth-order valence-electron chi connectivity index (χ4n) is 1.19. The van der Waals surface area contributed by atoms with Crippen molar-refractivity contribution in [3.63, 3.8) is 0 Å². The Morgan fingerprint density at radius 2 is 1.77 bits per heavy atom. The third-order valence-corrected chi connectivity index (χ3v) is 1.50. The summed E-state index contributed by atoms with van der Waals surface area (Å²) >= 11 is 0. The molecule has 1 aromatic rings. The number of ether oxygens (including phenoxy) is 1. The van der Waals surface area contributed by atoms with Crippen LogP contribution in [0.1, 0.15) is 26.3 Å². The third-order valence-electron chi connectivity index (χ3n) is 1.50. The van der Waals surface area contributed by atoms with Gasteiger partial charge in [0.25, 0.3) is 0 Å². The van der Waals surface area contributed by atoms with E-state index in [-0.39, 0.29) is 5.60 Å². The average molecular weight is 179 g/mol. The predicted octanol–water partition coefficient (Wildman–Crippen LogP) is 2.75. The molecule has 0 unspecified atom stereocenters. The summed E-state index contributed by atoms with van der Waals surface area (Å²) in [6.45, 7) is 8.06. The number of nitrogens with two attached hydrogens (primary N) is 1. The van der Waals surface area contributed by atoms with E-state index in [0.29, 0.717) is 0 Å². The van der Waals surface area contributed by atoms with E-state index in [0.717, 1.165) is 17.0 Å². The summed E-state index contributed by atoms with van der Waals surface area (Å²) in [5, 5.41) is 0. The number of aryl methyl sites for hydroxylation is 1. The lowest BCUT2D eigenvalue weighted by molar-refractivity contribution is 0.131. The van der Waals surface area contributed by atoms with Gasteiger partial charge >= 0.3 is 0 Å². The largest absolute Gasteiger partial charge is 0.488 e. The quantitative estimate of drug-likeness (QED) is 0.673. The molecule has 0 saturated heterocycles. The van der Waals surface area contributed by atoms with E-state index < -0.39 is 0 Å². The normalized spacial score (nSPS) is 11.4. The zero-order chi connectivity index (χ0) is 10.1. The molecule has 13 heavy (non-hydrogen) atoms. The van der Waals surface area contributed by atoms with Crippen LogP contribution in [0.25, 0.3) is 0 Å². The monoisotopic (exact) mass is 179 g/mol. The first-order valence-electron chi connectivity index (χ1n) is 4.43. The molecule has 72 valence electrons. The van der Waals surface area contributed by atoms with Crippen LogP contribution in [-0.4, -0.2) is 5.60 Å². The molecule has 0 spiro atoms. The van der Waals surface area contributed by atoms with Crippen molar-refractivity contribution in [2.45, 2.75) is 33.3 Å². The Balaban J connectivity index is 2.90. The fraction of sp³-hybridized carbons (Fsp3) is 0.455. The minimum atomic E-state index is -0.166. The maximum absolute atomic E-state index is 5.70. The summed E-state index contributed by atoms with van der Waals surface area (Å²) in [5.41, 5.74) is 7.41. The molecule has 0 aliphatic rings. The smallest absolute Gasteiger partial charge is 0.122 e. The van der Waals surface area contributed by atoms with Crippen molar-refractivity contribution in [2.75, 3.05) is 5.73 Å². The van der Waals surface area contributed by atoms with E-state index in [9.17, 15) is 0 Å². The van der Waals surface area contributed by atoms with Crippen molar-refractivity contribution in [1.29, 1.82) is 0 Å². The van der Waals surface area contributed by atoms with Crippen molar-refractivity contribution in [1.82, 2.24) is 0 Å². The topological polar surface area (TPSA) is 35.2 Å². The van der Waals surface area contributed by atoms with E-state index in [1.54, 1.807) is 0 Å². The van der Waals surface area contributed by atoms with Crippen LogP contribution in [0.3, 0.4) is 0 Å². The van der Waals surface area contributed by atoms with Gasteiger partial charge in [-0.3, -0.25) is 0 Å². The van der Waals surface area contributed by atoms with Crippen molar-refractivity contribution in [3.8, 4) is 5.75 Å². The highest BCUT2D eigenvalue weighted by Gasteiger charge is 2.11. The Bertz CT molecular complexity index is 279. The molecule has 0 aliphatic heterocycles. The fourth-order valence-corrected chi connectivity index (χ4v) is 1.19. The molecule has 0 atom stereocenters. The van der Waals surface area contributed by atoms with E-state index in [4.69, 9.17) is 10.5 Å². The first-order valence-corrected chi connectivity index (χ1v) is 4.43. The number of nitrogen functional groups attached to an aromatic ring is 1. The summed E-state index contributed by atoms with van der Waals surface area (Å²) in [7, 11) is 0. The summed E-state index contributed by atoms with van der Waals surface area (Å²) < 4.78 is 5.68. The predicted molar refractivity (Wildman–Crippen MR) is 56.0 cm³/mol. The van der Waals surface area contributed by atoms with Gasteiger partial charge in [-0.1, -0.05) is 0 Å². The Hall–Kier alpha value is -1.18. The van der Waals surface area contributed by atoms with Crippen LogP contribution < -0.4 is 10.5 Å². The number of anilines is 1. The van der Waals surface area contributed by atoms with E-state index >= 15 is 0 Å². The molecule has 0 heterocycles. The number of benzene rings is 1. The Kier molecular flexibility index (Phi) is 2.50. The van der Waals surface area contributed by atoms with Gasteiger partial charge in [0.2, 0.25) is 0 Å². The minimum Gasteiger partial charge on any atom is -0.488 e. The van der Waals surface area contributed by atoms with E-state index in [2.05, 4.69) is 0 Å². The Morgan fingerprint density at radius 3 is 2.23 bits per heavy atom. The third kappa shape index (κ3) is 3.36. The molecule has 1 rings (SSSR count). The van der Waals surface area contributed by atoms with Crippen molar-refractivity contribution in [3.05, 3.63) is 23.8 Å². The second-order valence-electron chi connectivity index (χ2n) is 4.29. The highest BCUT2D eigenvalue weighted by molar-refractivity contribution is 5.47. The molecule has 0 fully saturated rings. The number of rotatable bonds is 1. The summed E-state index contributed by atoms with van der Waals surface area (Å²) in [4.78, 5) is 0. The van der Waals surface area contributed by atoms with Gasteiger partial charge in [0.1, 0.15) is 11.4 Å². The van der Waals surface area contributed by atoms with Crippen LogP contribution in [0.4, 0.5) is 5.69 Å². The zero-order valence-corrected chi connectivity index (χ0v) is 8.72. The molecule has 2 N–H and O–H groups in total. The van der Waals surface area contributed by atoms with Crippen LogP contribution in [0.15, 0.2) is 18.2 Å². The molecule has 2 heteroatoms. The van der Waals surface area contributed by atoms with Crippen LogP contribution in [0.5, 0.6) is 5.75 Å². The first-order chi connectivity index (χ1) is 5.87. The molecule has 0 saturated carbocycles. The maximum Gasteiger partial charge on any atom is 0.122 e. The van der Waals surface area contributed by atoms with Crippen molar-refractivity contribution < 1.29 is 4.74 Å². The average Bonchev–Trinajstić information content (AvgIpc) is 1.78. The summed E-state index contributed by atoms with van der Waals surface area (Å²) in [5.74, 6) is 0.838. The van der Waals surface area contributed by atoms with Crippen LogP contribution in [-0.2, 0) is 0 Å². The molecule has 2 nitrogen and oxygen atoms in total. The molecule has 1 aromatic carbocycles. The van der Waals surface area contributed by atoms with Crippen LogP contribution in [0.2, 0.25) is 0 Å². The van der Waals surface area contributed by atoms with Crippen molar-refractivity contribution in [2.24, 2.45) is 0 Å². The standard InChI is InChI=1S/C11H17NO/c1-8-5-9(12)7-10(6-8)13-11(2,3)4/h5-7H,12H2,1-4H3. The van der Waals surface area contributed by atoms with Gasteiger partial charge in [-0.25, -0.2) is 0 Å².